The van der Waals surface area contributed by atoms with Crippen LogP contribution < -0.4 is 11.2 Å². The van der Waals surface area contributed by atoms with E-state index in [2.05, 4.69) is 9.97 Å². The zero-order chi connectivity index (χ0) is 22.1. The Bertz CT molecular complexity index is 1420. The van der Waals surface area contributed by atoms with Gasteiger partial charge in [-0.15, -0.1) is 0 Å². The summed E-state index contributed by atoms with van der Waals surface area (Å²) in [5.74, 6) is -0.230. The molecule has 160 valence electrons. The molecule has 0 bridgehead atoms. The molecule has 0 fully saturated rings. The number of hydrogen-bond donors (Lipinski definition) is 0. The third-order valence-electron chi connectivity index (χ3n) is 4.82. The topological polar surface area (TPSA) is 109 Å². The molecule has 3 heterocycles. The van der Waals surface area contributed by atoms with Crippen LogP contribution in [0.5, 0.6) is 0 Å². The van der Waals surface area contributed by atoms with Crippen LogP contribution in [-0.2, 0) is 23.1 Å². The second-order valence-corrected chi connectivity index (χ2v) is 7.39. The number of hydrogen-bond acceptors (Lipinski definition) is 7. The second kappa shape index (κ2) is 8.35. The van der Waals surface area contributed by atoms with E-state index in [1.54, 1.807) is 24.3 Å². The first-order valence-corrected chi connectivity index (χ1v) is 10.1. The molecule has 0 spiro atoms. The van der Waals surface area contributed by atoms with Crippen molar-refractivity contribution < 1.29 is 13.9 Å². The summed E-state index contributed by atoms with van der Waals surface area (Å²) in [6, 6.07) is 8.74. The van der Waals surface area contributed by atoms with E-state index < -0.39 is 23.8 Å². The first-order valence-electron chi connectivity index (χ1n) is 9.72. The molecule has 0 aliphatic carbocycles. The van der Waals surface area contributed by atoms with Crippen molar-refractivity contribution in [3.8, 4) is 11.3 Å². The fraction of sp³-hybridized carbons (Fsp3) is 0.286. The molecule has 0 saturated heterocycles. The van der Waals surface area contributed by atoms with Gasteiger partial charge in [-0.1, -0.05) is 37.1 Å². The maximum Gasteiger partial charge on any atom is 0.333 e. The van der Waals surface area contributed by atoms with Gasteiger partial charge >= 0.3 is 11.7 Å². The van der Waals surface area contributed by atoms with Crippen LogP contribution in [0.15, 0.2) is 44.3 Å². The largest absolute Gasteiger partial charge is 0.464 e. The standard InChI is InChI=1S/C21H19ClN4O5/c1-3-4-9-30-16(27)11-26-20(28)17-18(25(2)21(26)29)24-19-14(23-17)10-15(31-19)12-7-5-6-8-13(12)22/h5-8,10H,3-4,9,11H2,1-2H3. The van der Waals surface area contributed by atoms with Gasteiger partial charge in [-0.2, -0.15) is 4.98 Å². The molecule has 4 rings (SSSR count). The molecule has 0 saturated carbocycles. The van der Waals surface area contributed by atoms with Gasteiger partial charge < -0.3 is 9.15 Å². The molecule has 1 aromatic carbocycles. The number of nitrogens with zero attached hydrogens (tertiary/aromatic N) is 4. The van der Waals surface area contributed by atoms with Crippen LogP contribution in [0.2, 0.25) is 5.02 Å². The van der Waals surface area contributed by atoms with Crippen molar-refractivity contribution >= 4 is 40.0 Å². The summed E-state index contributed by atoms with van der Waals surface area (Å²) in [6.45, 7) is 1.70. The highest BCUT2D eigenvalue weighted by molar-refractivity contribution is 6.33. The van der Waals surface area contributed by atoms with Crippen LogP contribution >= 0.6 is 11.6 Å². The molecular weight excluding hydrogens is 424 g/mol. The number of rotatable bonds is 6. The minimum atomic E-state index is -0.722. The van der Waals surface area contributed by atoms with Crippen molar-refractivity contribution in [2.75, 3.05) is 6.61 Å². The van der Waals surface area contributed by atoms with E-state index in [1.807, 2.05) is 13.0 Å². The molecule has 3 aromatic heterocycles. The first-order chi connectivity index (χ1) is 14.9. The normalized spacial score (nSPS) is 11.3. The predicted octanol–water partition coefficient (Wildman–Crippen LogP) is 2.90. The van der Waals surface area contributed by atoms with Gasteiger partial charge in [0.2, 0.25) is 5.71 Å². The van der Waals surface area contributed by atoms with Gasteiger partial charge in [-0.05, 0) is 18.6 Å². The van der Waals surface area contributed by atoms with Crippen LogP contribution in [0.3, 0.4) is 0 Å². The fourth-order valence-corrected chi connectivity index (χ4v) is 3.38. The Morgan fingerprint density at radius 1 is 1.23 bits per heavy atom. The lowest BCUT2D eigenvalue weighted by Gasteiger charge is -2.09. The smallest absolute Gasteiger partial charge is 0.333 e. The summed E-state index contributed by atoms with van der Waals surface area (Å²) >= 11 is 6.23. The third kappa shape index (κ3) is 3.84. The number of halogens is 1. The zero-order valence-corrected chi connectivity index (χ0v) is 17.7. The maximum absolute atomic E-state index is 12.9. The Balaban J connectivity index is 1.82. The Labute approximate surface area is 180 Å². The van der Waals surface area contributed by atoms with Crippen molar-refractivity contribution in [3.63, 3.8) is 0 Å². The summed E-state index contributed by atoms with van der Waals surface area (Å²) in [4.78, 5) is 46.3. The van der Waals surface area contributed by atoms with Gasteiger partial charge in [0, 0.05) is 18.7 Å². The van der Waals surface area contributed by atoms with Crippen molar-refractivity contribution in [2.45, 2.75) is 26.3 Å². The van der Waals surface area contributed by atoms with Crippen molar-refractivity contribution in [3.05, 3.63) is 56.2 Å². The number of furan rings is 1. The second-order valence-electron chi connectivity index (χ2n) is 6.98. The molecule has 31 heavy (non-hydrogen) atoms. The van der Waals surface area contributed by atoms with Crippen LogP contribution in [0.25, 0.3) is 33.7 Å². The number of benzene rings is 1. The molecule has 0 amide bonds. The van der Waals surface area contributed by atoms with Crippen molar-refractivity contribution in [1.29, 1.82) is 0 Å². The molecule has 4 aromatic rings. The summed E-state index contributed by atoms with van der Waals surface area (Å²) in [5, 5.41) is 0.488. The van der Waals surface area contributed by atoms with Gasteiger partial charge in [0.15, 0.2) is 11.2 Å². The Morgan fingerprint density at radius 2 is 2.00 bits per heavy atom. The minimum Gasteiger partial charge on any atom is -0.464 e. The molecule has 0 radical (unpaired) electrons. The van der Waals surface area contributed by atoms with Gasteiger partial charge in [0.25, 0.3) is 5.56 Å². The number of aryl methyl sites for hydroxylation is 1. The molecule has 10 heteroatoms. The van der Waals surface area contributed by atoms with Gasteiger partial charge in [-0.3, -0.25) is 14.2 Å². The van der Waals surface area contributed by atoms with E-state index in [0.717, 1.165) is 15.6 Å². The van der Waals surface area contributed by atoms with E-state index in [1.165, 1.54) is 7.05 Å². The first kappa shape index (κ1) is 20.8. The van der Waals surface area contributed by atoms with E-state index in [9.17, 15) is 14.4 Å². The van der Waals surface area contributed by atoms with Crippen LogP contribution in [0, 0.1) is 0 Å². The number of ether oxygens (including phenoxy) is 1. The van der Waals surface area contributed by atoms with Crippen LogP contribution in [0.1, 0.15) is 19.8 Å². The van der Waals surface area contributed by atoms with E-state index in [4.69, 9.17) is 20.8 Å². The molecular formula is C21H19ClN4O5. The molecule has 0 aliphatic rings. The van der Waals surface area contributed by atoms with Gasteiger partial charge in [0.1, 0.15) is 17.8 Å². The highest BCUT2D eigenvalue weighted by Crippen LogP contribution is 2.31. The number of carbonyl (C=O) groups is 1. The van der Waals surface area contributed by atoms with E-state index in [0.29, 0.717) is 28.3 Å². The Morgan fingerprint density at radius 3 is 2.74 bits per heavy atom. The average molecular weight is 443 g/mol. The molecule has 0 aliphatic heterocycles. The van der Waals surface area contributed by atoms with Gasteiger partial charge in [0.05, 0.1) is 11.6 Å². The fourth-order valence-electron chi connectivity index (χ4n) is 3.15. The Hall–Kier alpha value is -3.46. The average Bonchev–Trinajstić information content (AvgIpc) is 3.17. The predicted molar refractivity (Wildman–Crippen MR) is 115 cm³/mol. The lowest BCUT2D eigenvalue weighted by atomic mass is 10.2. The third-order valence-corrected chi connectivity index (χ3v) is 5.15. The lowest BCUT2D eigenvalue weighted by Crippen LogP contribution is -2.41. The number of unbranched alkanes of at least 4 members (excludes halogenated alkanes) is 1. The van der Waals surface area contributed by atoms with Crippen LogP contribution in [-0.4, -0.2) is 31.7 Å². The highest BCUT2D eigenvalue weighted by Gasteiger charge is 2.19. The van der Waals surface area contributed by atoms with Gasteiger partial charge in [-0.25, -0.2) is 14.3 Å². The molecule has 9 nitrogen and oxygen atoms in total. The Kier molecular flexibility index (Phi) is 5.60. The van der Waals surface area contributed by atoms with E-state index >= 15 is 0 Å². The highest BCUT2D eigenvalue weighted by atomic mass is 35.5. The van der Waals surface area contributed by atoms with E-state index in [-0.39, 0.29) is 23.5 Å². The number of aromatic nitrogens is 4. The molecule has 0 N–H and O–H groups in total. The number of fused-ring (bicyclic) bond motifs is 2. The SMILES string of the molecule is CCCCOC(=O)Cn1c(=O)c2nc3cc(-c4ccccc4Cl)oc3nc2n(C)c1=O. The monoisotopic (exact) mass is 442 g/mol. The van der Waals surface area contributed by atoms with Crippen LogP contribution in [0.4, 0.5) is 0 Å². The summed E-state index contributed by atoms with van der Waals surface area (Å²) in [5.41, 5.74) is -0.282. The summed E-state index contributed by atoms with van der Waals surface area (Å²) in [6.07, 6.45) is 1.56. The molecule has 0 atom stereocenters. The summed E-state index contributed by atoms with van der Waals surface area (Å²) in [7, 11) is 1.45. The lowest BCUT2D eigenvalue weighted by molar-refractivity contribution is -0.144. The summed E-state index contributed by atoms with van der Waals surface area (Å²) < 4.78 is 12.8. The maximum atomic E-state index is 12.9. The van der Waals surface area contributed by atoms with Crippen molar-refractivity contribution in [1.82, 2.24) is 19.1 Å². The molecule has 0 unspecified atom stereocenters. The minimum absolute atomic E-state index is 0.0533. The quantitative estimate of drug-likeness (QED) is 0.333. The number of esters is 1. The van der Waals surface area contributed by atoms with Crippen molar-refractivity contribution in [2.24, 2.45) is 7.05 Å². The zero-order valence-electron chi connectivity index (χ0n) is 16.9. The number of carbonyl (C=O) groups excluding carboxylic acids is 1.